The summed E-state index contributed by atoms with van der Waals surface area (Å²) >= 11 is 3.07. The first-order valence-electron chi connectivity index (χ1n) is 4.72. The highest BCUT2D eigenvalue weighted by Gasteiger charge is 2.15. The molecule has 0 aromatic carbocycles. The van der Waals surface area contributed by atoms with E-state index < -0.39 is 0 Å². The number of carbonyl (C=O) groups excluding carboxylic acids is 1. The van der Waals surface area contributed by atoms with Crippen LogP contribution in [0.1, 0.15) is 23.6 Å². The van der Waals surface area contributed by atoms with E-state index >= 15 is 0 Å². The van der Waals surface area contributed by atoms with Crippen molar-refractivity contribution in [3.05, 3.63) is 27.9 Å². The Morgan fingerprint density at radius 3 is 2.80 bits per heavy atom. The van der Waals surface area contributed by atoms with Crippen molar-refractivity contribution in [3.8, 4) is 10.6 Å². The number of rotatable bonds is 3. The second kappa shape index (κ2) is 4.24. The van der Waals surface area contributed by atoms with Gasteiger partial charge < -0.3 is 0 Å². The molecule has 0 N–H and O–H groups in total. The number of ketones is 1. The lowest BCUT2D eigenvalue weighted by molar-refractivity contribution is 0.0939. The Bertz CT molecular complexity index is 457. The van der Waals surface area contributed by atoms with Crippen molar-refractivity contribution in [3.63, 3.8) is 0 Å². The van der Waals surface area contributed by atoms with E-state index in [4.69, 9.17) is 0 Å². The highest BCUT2D eigenvalue weighted by molar-refractivity contribution is 7.15. The van der Waals surface area contributed by atoms with Gasteiger partial charge in [0.15, 0.2) is 10.8 Å². The first-order valence-corrected chi connectivity index (χ1v) is 6.48. The fourth-order valence-electron chi connectivity index (χ4n) is 1.17. The van der Waals surface area contributed by atoms with Gasteiger partial charge in [0.2, 0.25) is 0 Å². The monoisotopic (exact) mass is 237 g/mol. The number of nitrogens with zero attached hydrogens (tertiary/aromatic N) is 1. The van der Waals surface area contributed by atoms with Gasteiger partial charge in [-0.05, 0) is 11.4 Å². The normalized spacial score (nSPS) is 10.9. The Hall–Kier alpha value is -1.00. The zero-order chi connectivity index (χ0) is 10.8. The third-order valence-corrected chi connectivity index (χ3v) is 3.76. The van der Waals surface area contributed by atoms with Crippen LogP contribution in [0.4, 0.5) is 0 Å². The van der Waals surface area contributed by atoms with Gasteiger partial charge in [0, 0.05) is 11.3 Å². The minimum atomic E-state index is 0.0207. The Morgan fingerprint density at radius 2 is 2.20 bits per heavy atom. The molecule has 2 rings (SSSR count). The summed E-state index contributed by atoms with van der Waals surface area (Å²) < 4.78 is 0. The van der Waals surface area contributed by atoms with E-state index in [1.807, 2.05) is 36.7 Å². The molecule has 4 heteroatoms. The molecule has 0 aliphatic heterocycles. The lowest BCUT2D eigenvalue weighted by atomic mass is 10.1. The zero-order valence-electron chi connectivity index (χ0n) is 8.56. The van der Waals surface area contributed by atoms with E-state index in [9.17, 15) is 4.79 Å². The fraction of sp³-hybridized carbons (Fsp3) is 0.273. The van der Waals surface area contributed by atoms with Crippen LogP contribution in [-0.2, 0) is 0 Å². The van der Waals surface area contributed by atoms with E-state index in [1.165, 1.54) is 11.3 Å². The molecule has 15 heavy (non-hydrogen) atoms. The van der Waals surface area contributed by atoms with Crippen LogP contribution in [0.2, 0.25) is 0 Å². The Labute approximate surface area is 96.6 Å². The zero-order valence-corrected chi connectivity index (χ0v) is 10.2. The number of carbonyl (C=O) groups is 1. The van der Waals surface area contributed by atoms with Gasteiger partial charge in [-0.1, -0.05) is 19.9 Å². The van der Waals surface area contributed by atoms with Gasteiger partial charge >= 0.3 is 0 Å². The number of thiophene rings is 1. The highest BCUT2D eigenvalue weighted by Crippen LogP contribution is 2.26. The van der Waals surface area contributed by atoms with Gasteiger partial charge in [-0.15, -0.1) is 22.7 Å². The first kappa shape index (κ1) is 10.5. The molecule has 0 spiro atoms. The summed E-state index contributed by atoms with van der Waals surface area (Å²) in [6.45, 7) is 3.79. The average Bonchev–Trinajstić information content (AvgIpc) is 2.86. The van der Waals surface area contributed by atoms with Crippen molar-refractivity contribution in [1.29, 1.82) is 0 Å². The molecule has 0 bridgehead atoms. The molecule has 0 aliphatic rings. The van der Waals surface area contributed by atoms with Gasteiger partial charge in [0.25, 0.3) is 0 Å². The SMILES string of the molecule is CC(C)C(=O)c1nc(-c2cccs2)cs1. The average molecular weight is 237 g/mol. The fourth-order valence-corrected chi connectivity index (χ4v) is 2.84. The molecule has 0 saturated heterocycles. The highest BCUT2D eigenvalue weighted by atomic mass is 32.1. The van der Waals surface area contributed by atoms with E-state index in [0.717, 1.165) is 10.6 Å². The molecule has 2 aromatic heterocycles. The van der Waals surface area contributed by atoms with Crippen molar-refractivity contribution in [2.24, 2.45) is 5.92 Å². The third-order valence-electron chi connectivity index (χ3n) is 2.01. The summed E-state index contributed by atoms with van der Waals surface area (Å²) in [7, 11) is 0. The summed E-state index contributed by atoms with van der Waals surface area (Å²) in [5.74, 6) is 0.148. The molecule has 0 amide bonds. The molecule has 2 nitrogen and oxygen atoms in total. The summed E-state index contributed by atoms with van der Waals surface area (Å²) in [6, 6.07) is 4.01. The molecule has 0 fully saturated rings. The number of thiazole rings is 1. The molecule has 78 valence electrons. The van der Waals surface area contributed by atoms with Crippen LogP contribution >= 0.6 is 22.7 Å². The number of aromatic nitrogens is 1. The van der Waals surface area contributed by atoms with Gasteiger partial charge in [-0.25, -0.2) is 4.98 Å². The maximum absolute atomic E-state index is 11.7. The second-order valence-corrected chi connectivity index (χ2v) is 5.34. The van der Waals surface area contributed by atoms with Crippen molar-refractivity contribution in [1.82, 2.24) is 4.98 Å². The van der Waals surface area contributed by atoms with Crippen LogP contribution in [0.15, 0.2) is 22.9 Å². The Kier molecular flexibility index (Phi) is 2.98. The third kappa shape index (κ3) is 2.16. The maximum Gasteiger partial charge on any atom is 0.193 e. The van der Waals surface area contributed by atoms with E-state index in [-0.39, 0.29) is 11.7 Å². The molecular weight excluding hydrogens is 226 g/mol. The van der Waals surface area contributed by atoms with Crippen LogP contribution in [0.25, 0.3) is 10.6 Å². The summed E-state index contributed by atoms with van der Waals surface area (Å²) in [6.07, 6.45) is 0. The molecule has 0 atom stereocenters. The van der Waals surface area contributed by atoms with Crippen molar-refractivity contribution >= 4 is 28.5 Å². The number of hydrogen-bond acceptors (Lipinski definition) is 4. The van der Waals surface area contributed by atoms with Gasteiger partial charge in [0.05, 0.1) is 10.6 Å². The van der Waals surface area contributed by atoms with Crippen LogP contribution in [-0.4, -0.2) is 10.8 Å². The number of Topliss-reactive ketones (excluding diaryl/α,β-unsaturated/α-hetero) is 1. The van der Waals surface area contributed by atoms with Crippen LogP contribution in [0.3, 0.4) is 0 Å². The van der Waals surface area contributed by atoms with Gasteiger partial charge in [-0.2, -0.15) is 0 Å². The second-order valence-electron chi connectivity index (χ2n) is 3.53. The minimum Gasteiger partial charge on any atom is -0.291 e. The van der Waals surface area contributed by atoms with Crippen molar-refractivity contribution in [2.75, 3.05) is 0 Å². The molecule has 0 aliphatic carbocycles. The van der Waals surface area contributed by atoms with Crippen molar-refractivity contribution in [2.45, 2.75) is 13.8 Å². The van der Waals surface area contributed by atoms with Crippen LogP contribution < -0.4 is 0 Å². The molecule has 2 heterocycles. The topological polar surface area (TPSA) is 30.0 Å². The molecular formula is C11H11NOS2. The van der Waals surface area contributed by atoms with Crippen LogP contribution in [0, 0.1) is 5.92 Å². The molecule has 2 aromatic rings. The lowest BCUT2D eigenvalue weighted by Crippen LogP contribution is -2.06. The van der Waals surface area contributed by atoms with Gasteiger partial charge in [-0.3, -0.25) is 4.79 Å². The molecule has 0 unspecified atom stereocenters. The van der Waals surface area contributed by atoms with Crippen LogP contribution in [0.5, 0.6) is 0 Å². The van der Waals surface area contributed by atoms with Crippen molar-refractivity contribution < 1.29 is 4.79 Å². The minimum absolute atomic E-state index is 0.0207. The Balaban J connectivity index is 2.29. The summed E-state index contributed by atoms with van der Waals surface area (Å²) in [4.78, 5) is 17.2. The quantitative estimate of drug-likeness (QED) is 0.762. The maximum atomic E-state index is 11.7. The predicted octanol–water partition coefficient (Wildman–Crippen LogP) is 3.71. The van der Waals surface area contributed by atoms with Gasteiger partial charge in [0.1, 0.15) is 0 Å². The van der Waals surface area contributed by atoms with E-state index in [1.54, 1.807) is 11.3 Å². The first-order chi connectivity index (χ1) is 7.18. The van der Waals surface area contributed by atoms with E-state index in [0.29, 0.717) is 5.01 Å². The standard InChI is InChI=1S/C11H11NOS2/c1-7(2)10(13)11-12-8(6-15-11)9-4-3-5-14-9/h3-7H,1-2H3. The molecule has 0 radical (unpaired) electrons. The largest absolute Gasteiger partial charge is 0.291 e. The summed E-state index contributed by atoms with van der Waals surface area (Å²) in [5.41, 5.74) is 0.916. The predicted molar refractivity (Wildman–Crippen MR) is 64.6 cm³/mol. The number of hydrogen-bond donors (Lipinski definition) is 0. The van der Waals surface area contributed by atoms with E-state index in [2.05, 4.69) is 4.98 Å². The Morgan fingerprint density at radius 1 is 1.40 bits per heavy atom. The smallest absolute Gasteiger partial charge is 0.193 e. The summed E-state index contributed by atoms with van der Waals surface area (Å²) in [5, 5.41) is 4.58. The lowest BCUT2D eigenvalue weighted by Gasteiger charge is -1.97. The molecule has 0 saturated carbocycles.